The van der Waals surface area contributed by atoms with Crippen LogP contribution in [-0.4, -0.2) is 32.7 Å². The molecule has 0 bridgehead atoms. The number of nitrogens with one attached hydrogen (secondary N) is 2. The van der Waals surface area contributed by atoms with E-state index in [1.54, 1.807) is 19.2 Å². The highest BCUT2D eigenvalue weighted by Crippen LogP contribution is 2.05. The molecule has 1 rings (SSSR count). The van der Waals surface area contributed by atoms with Crippen LogP contribution in [0.1, 0.15) is 0 Å². The zero-order chi connectivity index (χ0) is 10.4. The lowest BCUT2D eigenvalue weighted by atomic mass is 10.4. The lowest BCUT2D eigenvalue weighted by Gasteiger charge is -2.06. The van der Waals surface area contributed by atoms with Crippen molar-refractivity contribution in [3.63, 3.8) is 0 Å². The van der Waals surface area contributed by atoms with E-state index in [9.17, 15) is 8.42 Å². The van der Waals surface area contributed by atoms with E-state index in [0.29, 0.717) is 12.2 Å². The maximum atomic E-state index is 11.4. The van der Waals surface area contributed by atoms with Gasteiger partial charge < -0.3 is 5.32 Å². The van der Waals surface area contributed by atoms with Crippen molar-refractivity contribution in [1.29, 1.82) is 0 Å². The molecule has 0 aliphatic rings. The van der Waals surface area contributed by atoms with Crippen LogP contribution >= 0.6 is 0 Å². The summed E-state index contributed by atoms with van der Waals surface area (Å²) in [6, 6.07) is 3.22. The molecule has 0 aliphatic carbocycles. The normalized spacial score (nSPS) is 11.2. The summed E-state index contributed by atoms with van der Waals surface area (Å²) in [5.41, 5.74) is 0.538. The minimum Gasteiger partial charge on any atom is -0.319 e. The average molecular weight is 215 g/mol. The summed E-state index contributed by atoms with van der Waals surface area (Å²) >= 11 is 0. The lowest BCUT2D eigenvalue weighted by molar-refractivity contribution is 0.599. The van der Waals surface area contributed by atoms with E-state index in [1.165, 1.54) is 12.4 Å². The minimum atomic E-state index is -3.24. The number of rotatable bonds is 5. The van der Waals surface area contributed by atoms with Gasteiger partial charge in [0.1, 0.15) is 0 Å². The predicted octanol–water partition coefficient (Wildman–Crippen LogP) is 0.0427. The third kappa shape index (κ3) is 3.71. The Kier molecular flexibility index (Phi) is 3.84. The van der Waals surface area contributed by atoms with Crippen LogP contribution in [0, 0.1) is 0 Å². The molecule has 1 heterocycles. The molecule has 5 nitrogen and oxygen atoms in total. The Balaban J connectivity index is 2.60. The highest BCUT2D eigenvalue weighted by Gasteiger charge is 2.08. The van der Waals surface area contributed by atoms with E-state index in [2.05, 4.69) is 15.0 Å². The molecule has 14 heavy (non-hydrogen) atoms. The van der Waals surface area contributed by atoms with Crippen molar-refractivity contribution < 1.29 is 8.42 Å². The molecule has 6 heteroatoms. The lowest BCUT2D eigenvalue weighted by Crippen LogP contribution is -2.24. The Morgan fingerprint density at radius 1 is 1.36 bits per heavy atom. The van der Waals surface area contributed by atoms with Gasteiger partial charge in [0.2, 0.25) is 10.0 Å². The van der Waals surface area contributed by atoms with Gasteiger partial charge in [-0.25, -0.2) is 8.42 Å². The summed E-state index contributed by atoms with van der Waals surface area (Å²) in [5.74, 6) is 0.0613. The quantitative estimate of drug-likeness (QED) is 0.727. The largest absolute Gasteiger partial charge is 0.319 e. The number of hydrogen-bond acceptors (Lipinski definition) is 4. The van der Waals surface area contributed by atoms with Crippen molar-refractivity contribution in [2.24, 2.45) is 0 Å². The molecule has 0 fully saturated rings. The summed E-state index contributed by atoms with van der Waals surface area (Å²) in [4.78, 5) is 3.79. The molecule has 0 unspecified atom stereocenters. The van der Waals surface area contributed by atoms with Crippen LogP contribution in [0.4, 0.5) is 5.69 Å². The van der Waals surface area contributed by atoms with Crippen LogP contribution in [0.5, 0.6) is 0 Å². The maximum absolute atomic E-state index is 11.4. The first kappa shape index (κ1) is 10.9. The van der Waals surface area contributed by atoms with Crippen molar-refractivity contribution in [2.75, 3.05) is 24.1 Å². The van der Waals surface area contributed by atoms with E-state index in [-0.39, 0.29) is 5.75 Å². The Bertz CT molecular complexity index is 363. The molecule has 0 atom stereocenters. The van der Waals surface area contributed by atoms with Gasteiger partial charge in [-0.15, -0.1) is 0 Å². The van der Waals surface area contributed by atoms with Gasteiger partial charge in [0.15, 0.2) is 0 Å². The third-order valence-corrected chi connectivity index (χ3v) is 2.86. The minimum absolute atomic E-state index is 0.0613. The van der Waals surface area contributed by atoms with Crippen LogP contribution in [0.3, 0.4) is 0 Å². The third-order valence-electron chi connectivity index (χ3n) is 1.57. The summed E-state index contributed by atoms with van der Waals surface area (Å²) < 4.78 is 25.2. The zero-order valence-corrected chi connectivity index (χ0v) is 8.71. The van der Waals surface area contributed by atoms with Crippen molar-refractivity contribution >= 4 is 15.7 Å². The van der Waals surface area contributed by atoms with Gasteiger partial charge in [-0.05, 0) is 19.2 Å². The number of anilines is 1. The number of pyridine rings is 1. The topological polar surface area (TPSA) is 71.1 Å². The van der Waals surface area contributed by atoms with E-state index in [1.807, 2.05) is 0 Å². The highest BCUT2D eigenvalue weighted by molar-refractivity contribution is 7.92. The Labute approximate surface area is 83.6 Å². The van der Waals surface area contributed by atoms with E-state index >= 15 is 0 Å². The van der Waals surface area contributed by atoms with Crippen molar-refractivity contribution in [2.45, 2.75) is 0 Å². The van der Waals surface area contributed by atoms with Crippen molar-refractivity contribution in [3.05, 3.63) is 24.5 Å². The molecular weight excluding hydrogens is 202 g/mol. The second-order valence-corrected chi connectivity index (χ2v) is 4.60. The second kappa shape index (κ2) is 4.92. The standard InChI is InChI=1S/C8H13N3O2S/c1-9-6-7-14(12,13)11-8-2-4-10-5-3-8/h2-5,9H,6-7H2,1H3,(H,10,11). The molecule has 0 aromatic carbocycles. The maximum Gasteiger partial charge on any atom is 0.233 e. The zero-order valence-electron chi connectivity index (χ0n) is 7.90. The van der Waals surface area contributed by atoms with Crippen LogP contribution < -0.4 is 10.0 Å². The summed E-state index contributed by atoms with van der Waals surface area (Å²) in [5, 5.41) is 2.78. The van der Waals surface area contributed by atoms with Gasteiger partial charge in [-0.3, -0.25) is 9.71 Å². The van der Waals surface area contributed by atoms with Gasteiger partial charge in [0.25, 0.3) is 0 Å². The van der Waals surface area contributed by atoms with E-state index < -0.39 is 10.0 Å². The van der Waals surface area contributed by atoms with Gasteiger partial charge in [0, 0.05) is 18.9 Å². The molecule has 2 N–H and O–H groups in total. The van der Waals surface area contributed by atoms with Gasteiger partial charge in [-0.2, -0.15) is 0 Å². The molecule has 0 amide bonds. The van der Waals surface area contributed by atoms with Crippen LogP contribution in [0.2, 0.25) is 0 Å². The van der Waals surface area contributed by atoms with Gasteiger partial charge >= 0.3 is 0 Å². The Morgan fingerprint density at radius 3 is 2.57 bits per heavy atom. The fraction of sp³-hybridized carbons (Fsp3) is 0.375. The average Bonchev–Trinajstić information content (AvgIpc) is 2.16. The first-order valence-corrected chi connectivity index (χ1v) is 5.84. The first-order chi connectivity index (χ1) is 6.64. The molecule has 0 radical (unpaired) electrons. The Hall–Kier alpha value is -1.14. The predicted molar refractivity (Wildman–Crippen MR) is 55.6 cm³/mol. The fourth-order valence-corrected chi connectivity index (χ4v) is 1.96. The van der Waals surface area contributed by atoms with Crippen LogP contribution in [0.15, 0.2) is 24.5 Å². The molecule has 0 spiro atoms. The molecule has 1 aromatic heterocycles. The molecular formula is C8H13N3O2S. The van der Waals surface area contributed by atoms with E-state index in [0.717, 1.165) is 0 Å². The van der Waals surface area contributed by atoms with Gasteiger partial charge in [0.05, 0.1) is 11.4 Å². The number of sulfonamides is 1. The summed E-state index contributed by atoms with van der Waals surface area (Å²) in [7, 11) is -1.53. The SMILES string of the molecule is CNCCS(=O)(=O)Nc1ccncc1. The molecule has 1 aromatic rings. The van der Waals surface area contributed by atoms with Crippen LogP contribution in [0.25, 0.3) is 0 Å². The van der Waals surface area contributed by atoms with Crippen molar-refractivity contribution in [3.8, 4) is 0 Å². The number of nitrogens with zero attached hydrogens (tertiary/aromatic N) is 1. The van der Waals surface area contributed by atoms with E-state index in [4.69, 9.17) is 0 Å². The second-order valence-electron chi connectivity index (χ2n) is 2.76. The molecule has 78 valence electrons. The Morgan fingerprint density at radius 2 is 2.00 bits per heavy atom. The van der Waals surface area contributed by atoms with Crippen LogP contribution in [-0.2, 0) is 10.0 Å². The first-order valence-electron chi connectivity index (χ1n) is 4.19. The fourth-order valence-electron chi connectivity index (χ4n) is 0.887. The summed E-state index contributed by atoms with van der Waals surface area (Å²) in [6.07, 6.45) is 3.08. The monoisotopic (exact) mass is 215 g/mol. The molecule has 0 saturated carbocycles. The summed E-state index contributed by atoms with van der Waals surface area (Å²) in [6.45, 7) is 0.431. The van der Waals surface area contributed by atoms with Gasteiger partial charge in [-0.1, -0.05) is 0 Å². The number of hydrogen-bond donors (Lipinski definition) is 2. The molecule has 0 saturated heterocycles. The molecule has 0 aliphatic heterocycles. The van der Waals surface area contributed by atoms with Crippen molar-refractivity contribution in [1.82, 2.24) is 10.3 Å². The number of aromatic nitrogens is 1. The highest BCUT2D eigenvalue weighted by atomic mass is 32.2. The smallest absolute Gasteiger partial charge is 0.233 e.